The molecule has 0 bridgehead atoms. The Hall–Kier alpha value is -2.21. The number of tetrazole rings is 1. The van der Waals surface area contributed by atoms with Gasteiger partial charge in [0, 0.05) is 11.1 Å². The van der Waals surface area contributed by atoms with Crippen LogP contribution in [-0.4, -0.2) is 24.6 Å². The smallest absolute Gasteiger partial charge is 0.261 e. The van der Waals surface area contributed by atoms with E-state index in [0.29, 0.717) is 22.2 Å². The van der Waals surface area contributed by atoms with Gasteiger partial charge in [-0.25, -0.2) is 4.57 Å². The molecule has 0 fully saturated rings. The van der Waals surface area contributed by atoms with Gasteiger partial charge in [-0.1, -0.05) is 16.7 Å². The maximum absolute atomic E-state index is 12.1. The Morgan fingerprint density at radius 2 is 1.94 bits per heavy atom. The van der Waals surface area contributed by atoms with E-state index in [1.54, 1.807) is 31.2 Å². The average Bonchev–Trinajstić information content (AvgIpc) is 2.81. The largest absolute Gasteiger partial charge is 0.269 e. The minimum atomic E-state index is -0.183. The number of fused-ring (bicyclic) bond motifs is 1. The molecule has 0 N–H and O–H groups in total. The molecule has 3 rings (SSSR count). The van der Waals surface area contributed by atoms with E-state index in [4.69, 9.17) is 11.6 Å². The number of rotatable bonds is 1. The Kier molecular flexibility index (Phi) is 2.38. The van der Waals surface area contributed by atoms with Crippen LogP contribution in [0.3, 0.4) is 0 Å². The normalized spacial score (nSPS) is 11.0. The number of halogens is 1. The first kappa shape index (κ1) is 10.9. The van der Waals surface area contributed by atoms with Crippen LogP contribution in [0.4, 0.5) is 0 Å². The molecule has 0 amide bonds. The minimum absolute atomic E-state index is 0.183. The molecule has 1 aromatic carbocycles. The summed E-state index contributed by atoms with van der Waals surface area (Å²) in [5.41, 5.74) is 1.17. The molecule has 0 unspecified atom stereocenters. The lowest BCUT2D eigenvalue weighted by molar-refractivity contribution is 0.788. The molecule has 0 atom stereocenters. The van der Waals surface area contributed by atoms with Crippen LogP contribution >= 0.6 is 11.6 Å². The third kappa shape index (κ3) is 1.58. The van der Waals surface area contributed by atoms with Gasteiger partial charge in [-0.2, -0.15) is 4.52 Å². The second-order valence-electron chi connectivity index (χ2n) is 3.83. The van der Waals surface area contributed by atoms with Crippen molar-refractivity contribution in [1.82, 2.24) is 24.6 Å². The van der Waals surface area contributed by atoms with Crippen LogP contribution in [0.1, 0.15) is 5.69 Å². The molecule has 3 aromatic rings. The molecule has 0 aliphatic carbocycles. The first-order valence-electron chi connectivity index (χ1n) is 5.23. The van der Waals surface area contributed by atoms with Crippen molar-refractivity contribution in [2.45, 2.75) is 6.92 Å². The first-order valence-corrected chi connectivity index (χ1v) is 5.61. The Bertz CT molecular complexity index is 774. The zero-order valence-corrected chi connectivity index (χ0v) is 10.2. The van der Waals surface area contributed by atoms with Gasteiger partial charge in [0.05, 0.1) is 11.4 Å². The maximum atomic E-state index is 12.1. The molecule has 6 nitrogen and oxygen atoms in total. The topological polar surface area (TPSA) is 65.1 Å². The Morgan fingerprint density at radius 1 is 1.22 bits per heavy atom. The monoisotopic (exact) mass is 261 g/mol. The van der Waals surface area contributed by atoms with E-state index in [0.717, 1.165) is 0 Å². The van der Waals surface area contributed by atoms with Gasteiger partial charge in [0.1, 0.15) is 0 Å². The molecule has 0 radical (unpaired) electrons. The Balaban J connectivity index is 2.38. The van der Waals surface area contributed by atoms with Gasteiger partial charge in [-0.3, -0.25) is 4.79 Å². The molecule has 0 spiro atoms. The highest BCUT2D eigenvalue weighted by Gasteiger charge is 2.10. The highest BCUT2D eigenvalue weighted by Crippen LogP contribution is 2.13. The summed E-state index contributed by atoms with van der Waals surface area (Å²) in [5, 5.41) is 11.9. The number of hydrogen-bond donors (Lipinski definition) is 0. The molecule has 0 aliphatic heterocycles. The summed E-state index contributed by atoms with van der Waals surface area (Å²) in [6.45, 7) is 1.77. The molecule has 0 saturated carbocycles. The highest BCUT2D eigenvalue weighted by atomic mass is 35.5. The molecule has 0 aliphatic rings. The molecule has 2 heterocycles. The van der Waals surface area contributed by atoms with Crippen LogP contribution < -0.4 is 5.56 Å². The van der Waals surface area contributed by atoms with Crippen molar-refractivity contribution < 1.29 is 0 Å². The zero-order chi connectivity index (χ0) is 12.7. The van der Waals surface area contributed by atoms with E-state index in [-0.39, 0.29) is 5.56 Å². The van der Waals surface area contributed by atoms with Gasteiger partial charge in [-0.05, 0) is 41.6 Å². The van der Waals surface area contributed by atoms with Crippen molar-refractivity contribution in [2.24, 2.45) is 0 Å². The number of aromatic nitrogens is 5. The Morgan fingerprint density at radius 3 is 2.67 bits per heavy atom. The summed E-state index contributed by atoms with van der Waals surface area (Å²) < 4.78 is 2.94. The quantitative estimate of drug-likeness (QED) is 0.661. The van der Waals surface area contributed by atoms with E-state index < -0.39 is 0 Å². The third-order valence-electron chi connectivity index (χ3n) is 2.62. The van der Waals surface area contributed by atoms with Crippen molar-refractivity contribution >= 4 is 17.4 Å². The molecule has 2 aromatic heterocycles. The predicted octanol–water partition coefficient (Wildman–Crippen LogP) is 1.24. The average molecular weight is 262 g/mol. The van der Waals surface area contributed by atoms with E-state index in [9.17, 15) is 4.79 Å². The van der Waals surface area contributed by atoms with Crippen LogP contribution in [0.5, 0.6) is 0 Å². The second kappa shape index (κ2) is 3.92. The summed E-state index contributed by atoms with van der Waals surface area (Å²) in [6, 6.07) is 8.40. The molecular formula is C11H8ClN5O. The number of hydrogen-bond acceptors (Lipinski definition) is 4. The van der Waals surface area contributed by atoms with Crippen molar-refractivity contribution in [3.63, 3.8) is 0 Å². The van der Waals surface area contributed by atoms with Gasteiger partial charge < -0.3 is 0 Å². The van der Waals surface area contributed by atoms with E-state index >= 15 is 0 Å². The Labute approximate surface area is 106 Å². The van der Waals surface area contributed by atoms with Gasteiger partial charge in [0.2, 0.25) is 0 Å². The van der Waals surface area contributed by atoms with E-state index in [1.807, 2.05) is 0 Å². The van der Waals surface area contributed by atoms with Crippen molar-refractivity contribution in [1.29, 1.82) is 0 Å². The number of benzene rings is 1. The fraction of sp³-hybridized carbons (Fsp3) is 0.0909. The summed E-state index contributed by atoms with van der Waals surface area (Å²) in [7, 11) is 0. The maximum Gasteiger partial charge on any atom is 0.261 e. The van der Waals surface area contributed by atoms with Crippen LogP contribution in [0.2, 0.25) is 5.02 Å². The number of aryl methyl sites for hydroxylation is 1. The van der Waals surface area contributed by atoms with Gasteiger partial charge >= 0.3 is 0 Å². The van der Waals surface area contributed by atoms with Crippen LogP contribution in [0.25, 0.3) is 11.5 Å². The molecule has 7 heteroatoms. The molecular weight excluding hydrogens is 254 g/mol. The number of nitrogens with zero attached hydrogens (tertiary/aromatic N) is 5. The minimum Gasteiger partial charge on any atom is -0.269 e. The van der Waals surface area contributed by atoms with Crippen molar-refractivity contribution in [2.75, 3.05) is 0 Å². The molecule has 18 heavy (non-hydrogen) atoms. The first-order chi connectivity index (χ1) is 8.66. The fourth-order valence-corrected chi connectivity index (χ4v) is 1.91. The summed E-state index contributed by atoms with van der Waals surface area (Å²) in [4.78, 5) is 12.1. The fourth-order valence-electron chi connectivity index (χ4n) is 1.79. The lowest BCUT2D eigenvalue weighted by Gasteiger charge is -2.07. The van der Waals surface area contributed by atoms with Crippen LogP contribution in [0.15, 0.2) is 35.1 Å². The van der Waals surface area contributed by atoms with Crippen LogP contribution in [-0.2, 0) is 0 Å². The zero-order valence-electron chi connectivity index (χ0n) is 9.41. The molecule has 90 valence electrons. The van der Waals surface area contributed by atoms with E-state index in [2.05, 4.69) is 15.5 Å². The SMILES string of the molecule is Cc1cc(=O)n(-c2ccc(Cl)cc2)c2nnnn12. The van der Waals surface area contributed by atoms with Gasteiger partial charge in [-0.15, -0.1) is 0 Å². The third-order valence-corrected chi connectivity index (χ3v) is 2.88. The summed E-state index contributed by atoms with van der Waals surface area (Å²) >= 11 is 5.83. The molecule has 0 saturated heterocycles. The summed E-state index contributed by atoms with van der Waals surface area (Å²) in [5.74, 6) is 0.377. The predicted molar refractivity (Wildman–Crippen MR) is 66.1 cm³/mol. The van der Waals surface area contributed by atoms with Crippen molar-refractivity contribution in [3.05, 3.63) is 51.4 Å². The second-order valence-corrected chi connectivity index (χ2v) is 4.26. The standard InChI is InChI=1S/C11H8ClN5O/c1-7-6-10(18)16(11-13-14-15-17(7)11)9-4-2-8(12)3-5-9/h2-6H,1H3. The van der Waals surface area contributed by atoms with Crippen molar-refractivity contribution in [3.8, 4) is 5.69 Å². The lowest BCUT2D eigenvalue weighted by Crippen LogP contribution is -2.21. The van der Waals surface area contributed by atoms with Crippen LogP contribution in [0, 0.1) is 6.92 Å². The van der Waals surface area contributed by atoms with Gasteiger partial charge in [0.15, 0.2) is 0 Å². The van der Waals surface area contributed by atoms with Gasteiger partial charge in [0.25, 0.3) is 11.3 Å². The lowest BCUT2D eigenvalue weighted by atomic mass is 10.3. The highest BCUT2D eigenvalue weighted by molar-refractivity contribution is 6.30. The van der Waals surface area contributed by atoms with E-state index in [1.165, 1.54) is 15.1 Å². The summed E-state index contributed by atoms with van der Waals surface area (Å²) in [6.07, 6.45) is 0.